The number of rotatable bonds is 3. The Morgan fingerprint density at radius 3 is 2.83 bits per heavy atom. The van der Waals surface area contributed by atoms with Gasteiger partial charge in [-0.05, 0) is 44.2 Å². The molecule has 1 saturated heterocycles. The van der Waals surface area contributed by atoms with Crippen molar-refractivity contribution >= 4 is 0 Å². The van der Waals surface area contributed by atoms with Crippen LogP contribution in [0.3, 0.4) is 0 Å². The Hall–Kier alpha value is -1.00. The Labute approximate surface area is 106 Å². The second kappa shape index (κ2) is 5.33. The Bertz CT molecular complexity index is 416. The molecule has 0 radical (unpaired) electrons. The van der Waals surface area contributed by atoms with Crippen LogP contribution < -0.4 is 5.73 Å². The third-order valence-electron chi connectivity index (χ3n) is 3.76. The van der Waals surface area contributed by atoms with Gasteiger partial charge in [-0.2, -0.15) is 0 Å². The summed E-state index contributed by atoms with van der Waals surface area (Å²) < 4.78 is 32.4. The summed E-state index contributed by atoms with van der Waals surface area (Å²) >= 11 is 0. The quantitative estimate of drug-likeness (QED) is 0.901. The SMILES string of the molecule is CC1(C(N)Cc2cccc(F)c2F)CCCCO1. The molecule has 0 amide bonds. The van der Waals surface area contributed by atoms with Crippen molar-refractivity contribution in [1.29, 1.82) is 0 Å². The number of hydrogen-bond acceptors (Lipinski definition) is 2. The molecule has 1 fully saturated rings. The molecule has 2 atom stereocenters. The predicted octanol–water partition coefficient (Wildman–Crippen LogP) is 2.79. The van der Waals surface area contributed by atoms with Crippen molar-refractivity contribution in [1.82, 2.24) is 0 Å². The highest BCUT2D eigenvalue weighted by molar-refractivity contribution is 5.20. The minimum absolute atomic E-state index is 0.292. The van der Waals surface area contributed by atoms with Crippen molar-refractivity contribution in [2.75, 3.05) is 6.61 Å². The summed E-state index contributed by atoms with van der Waals surface area (Å²) in [5.41, 5.74) is 6.00. The second-order valence-corrected chi connectivity index (χ2v) is 5.14. The van der Waals surface area contributed by atoms with Crippen molar-refractivity contribution < 1.29 is 13.5 Å². The molecule has 0 aliphatic carbocycles. The smallest absolute Gasteiger partial charge is 0.162 e. The molecule has 2 nitrogen and oxygen atoms in total. The average molecular weight is 255 g/mol. The van der Waals surface area contributed by atoms with E-state index in [1.165, 1.54) is 6.07 Å². The maximum atomic E-state index is 13.6. The summed E-state index contributed by atoms with van der Waals surface area (Å²) in [6.45, 7) is 2.64. The number of halogens is 2. The molecule has 2 unspecified atom stereocenters. The van der Waals surface area contributed by atoms with E-state index < -0.39 is 17.2 Å². The lowest BCUT2D eigenvalue weighted by Gasteiger charge is -2.39. The van der Waals surface area contributed by atoms with Crippen LogP contribution in [0.15, 0.2) is 18.2 Å². The molecule has 1 aromatic carbocycles. The average Bonchev–Trinajstić information content (AvgIpc) is 2.36. The summed E-state index contributed by atoms with van der Waals surface area (Å²) in [5.74, 6) is -1.62. The lowest BCUT2D eigenvalue weighted by atomic mass is 9.85. The van der Waals surface area contributed by atoms with Crippen molar-refractivity contribution in [3.63, 3.8) is 0 Å². The van der Waals surface area contributed by atoms with Gasteiger partial charge >= 0.3 is 0 Å². The summed E-state index contributed by atoms with van der Waals surface area (Å²) in [6.07, 6.45) is 3.26. The molecule has 2 rings (SSSR count). The van der Waals surface area contributed by atoms with Gasteiger partial charge in [0.25, 0.3) is 0 Å². The van der Waals surface area contributed by atoms with E-state index in [1.807, 2.05) is 6.92 Å². The zero-order chi connectivity index (χ0) is 13.2. The summed E-state index contributed by atoms with van der Waals surface area (Å²) in [6, 6.07) is 3.87. The molecule has 0 aromatic heterocycles. The molecular formula is C14H19F2NO. The first kappa shape index (κ1) is 13.4. The summed E-state index contributed by atoms with van der Waals surface area (Å²) in [4.78, 5) is 0. The van der Waals surface area contributed by atoms with Crippen molar-refractivity contribution in [3.05, 3.63) is 35.4 Å². The summed E-state index contributed by atoms with van der Waals surface area (Å²) in [5, 5.41) is 0. The van der Waals surface area contributed by atoms with E-state index in [0.29, 0.717) is 18.6 Å². The van der Waals surface area contributed by atoms with Gasteiger partial charge in [0.1, 0.15) is 0 Å². The normalized spacial score (nSPS) is 26.0. The van der Waals surface area contributed by atoms with Gasteiger partial charge in [-0.1, -0.05) is 12.1 Å². The molecule has 18 heavy (non-hydrogen) atoms. The molecule has 1 aliphatic rings. The molecule has 1 aliphatic heterocycles. The first-order valence-electron chi connectivity index (χ1n) is 6.35. The Kier molecular flexibility index (Phi) is 3.97. The minimum atomic E-state index is -0.825. The maximum Gasteiger partial charge on any atom is 0.162 e. The van der Waals surface area contributed by atoms with Gasteiger partial charge in [0.2, 0.25) is 0 Å². The van der Waals surface area contributed by atoms with Gasteiger partial charge < -0.3 is 10.5 Å². The Balaban J connectivity index is 2.10. The largest absolute Gasteiger partial charge is 0.374 e. The van der Waals surface area contributed by atoms with Gasteiger partial charge in [-0.25, -0.2) is 8.78 Å². The van der Waals surface area contributed by atoms with Crippen LogP contribution in [0.2, 0.25) is 0 Å². The van der Waals surface area contributed by atoms with Crippen LogP contribution in [-0.4, -0.2) is 18.2 Å². The molecule has 100 valence electrons. The molecule has 1 aromatic rings. The topological polar surface area (TPSA) is 35.2 Å². The molecule has 1 heterocycles. The van der Waals surface area contributed by atoms with E-state index in [4.69, 9.17) is 10.5 Å². The van der Waals surface area contributed by atoms with E-state index in [0.717, 1.165) is 25.3 Å². The van der Waals surface area contributed by atoms with Gasteiger partial charge in [-0.15, -0.1) is 0 Å². The first-order valence-corrected chi connectivity index (χ1v) is 6.35. The third-order valence-corrected chi connectivity index (χ3v) is 3.76. The van der Waals surface area contributed by atoms with Crippen LogP contribution >= 0.6 is 0 Å². The van der Waals surface area contributed by atoms with Gasteiger partial charge in [0.15, 0.2) is 11.6 Å². The standard InChI is InChI=1S/C14H19F2NO/c1-14(7-2-3-8-18-14)12(17)9-10-5-4-6-11(15)13(10)16/h4-6,12H,2-3,7-9,17H2,1H3. The fourth-order valence-electron chi connectivity index (χ4n) is 2.41. The van der Waals surface area contributed by atoms with Gasteiger partial charge in [0.05, 0.1) is 5.60 Å². The van der Waals surface area contributed by atoms with Crippen molar-refractivity contribution in [3.8, 4) is 0 Å². The highest BCUT2D eigenvalue weighted by atomic mass is 19.2. The van der Waals surface area contributed by atoms with E-state index in [9.17, 15) is 8.78 Å². The van der Waals surface area contributed by atoms with Crippen LogP contribution in [0, 0.1) is 11.6 Å². The van der Waals surface area contributed by atoms with Crippen LogP contribution in [0.4, 0.5) is 8.78 Å². The zero-order valence-corrected chi connectivity index (χ0v) is 10.6. The Morgan fingerprint density at radius 2 is 2.17 bits per heavy atom. The third kappa shape index (κ3) is 2.70. The van der Waals surface area contributed by atoms with E-state index in [2.05, 4.69) is 0 Å². The van der Waals surface area contributed by atoms with Crippen molar-refractivity contribution in [2.24, 2.45) is 5.73 Å². The molecule has 0 saturated carbocycles. The van der Waals surface area contributed by atoms with Crippen LogP contribution in [0.1, 0.15) is 31.7 Å². The van der Waals surface area contributed by atoms with Crippen LogP contribution in [0.5, 0.6) is 0 Å². The summed E-state index contributed by atoms with van der Waals surface area (Å²) in [7, 11) is 0. The fourth-order valence-corrected chi connectivity index (χ4v) is 2.41. The predicted molar refractivity (Wildman–Crippen MR) is 66.2 cm³/mol. The minimum Gasteiger partial charge on any atom is -0.374 e. The molecule has 0 bridgehead atoms. The Morgan fingerprint density at radius 1 is 1.39 bits per heavy atom. The van der Waals surface area contributed by atoms with E-state index in [-0.39, 0.29) is 6.04 Å². The molecule has 4 heteroatoms. The molecule has 0 spiro atoms. The highest BCUT2D eigenvalue weighted by Gasteiger charge is 2.35. The number of hydrogen-bond donors (Lipinski definition) is 1. The number of benzene rings is 1. The maximum absolute atomic E-state index is 13.6. The van der Waals surface area contributed by atoms with Crippen LogP contribution in [0.25, 0.3) is 0 Å². The molecule has 2 N–H and O–H groups in total. The van der Waals surface area contributed by atoms with E-state index in [1.54, 1.807) is 6.07 Å². The monoisotopic (exact) mass is 255 g/mol. The number of ether oxygens (including phenoxy) is 1. The molecular weight excluding hydrogens is 236 g/mol. The van der Waals surface area contributed by atoms with Crippen molar-refractivity contribution in [2.45, 2.75) is 44.2 Å². The second-order valence-electron chi connectivity index (χ2n) is 5.14. The van der Waals surface area contributed by atoms with Gasteiger partial charge in [0, 0.05) is 12.6 Å². The fraction of sp³-hybridized carbons (Fsp3) is 0.571. The lowest BCUT2D eigenvalue weighted by molar-refractivity contribution is -0.0809. The number of nitrogens with two attached hydrogens (primary N) is 1. The highest BCUT2D eigenvalue weighted by Crippen LogP contribution is 2.29. The van der Waals surface area contributed by atoms with E-state index >= 15 is 0 Å². The van der Waals surface area contributed by atoms with Gasteiger partial charge in [-0.3, -0.25) is 0 Å². The van der Waals surface area contributed by atoms with Crippen LogP contribution in [-0.2, 0) is 11.2 Å². The lowest BCUT2D eigenvalue weighted by Crippen LogP contribution is -2.50. The zero-order valence-electron chi connectivity index (χ0n) is 10.6. The first-order chi connectivity index (χ1) is 8.53.